The molecule has 1 aromatic heterocycles. The Labute approximate surface area is 93.7 Å². The van der Waals surface area contributed by atoms with Gasteiger partial charge in [0.2, 0.25) is 0 Å². The zero-order valence-corrected chi connectivity index (χ0v) is 10.2. The van der Waals surface area contributed by atoms with Gasteiger partial charge in [0.1, 0.15) is 10.8 Å². The third-order valence-electron chi connectivity index (χ3n) is 2.15. The maximum atomic E-state index is 5.65. The van der Waals surface area contributed by atoms with Crippen molar-refractivity contribution in [2.24, 2.45) is 0 Å². The Balaban J connectivity index is 2.22. The third kappa shape index (κ3) is 1.97. The second kappa shape index (κ2) is 4.11. The van der Waals surface area contributed by atoms with Crippen molar-refractivity contribution >= 4 is 31.9 Å². The van der Waals surface area contributed by atoms with E-state index >= 15 is 0 Å². The van der Waals surface area contributed by atoms with Crippen molar-refractivity contribution in [3.05, 3.63) is 15.5 Å². The lowest BCUT2D eigenvalue weighted by Gasteiger charge is -2.24. The molecule has 72 valence electrons. The maximum absolute atomic E-state index is 5.65. The first-order chi connectivity index (χ1) is 6.29. The largest absolute Gasteiger partial charge is 0.358 e. The molecule has 1 aromatic rings. The van der Waals surface area contributed by atoms with Crippen molar-refractivity contribution in [3.63, 3.8) is 0 Å². The van der Waals surface area contributed by atoms with Crippen LogP contribution < -0.4 is 0 Å². The molecule has 1 fully saturated rings. The minimum atomic E-state index is 0.139. The molecule has 1 atom stereocenters. The molecule has 1 aliphatic rings. The number of ether oxygens (including phenoxy) is 1. The summed E-state index contributed by atoms with van der Waals surface area (Å²) in [5.41, 5.74) is 0. The molecule has 0 amide bonds. The highest BCUT2D eigenvalue weighted by Gasteiger charge is 2.19. The normalized spacial score (nSPS) is 23.4. The number of halogens is 2. The van der Waals surface area contributed by atoms with E-state index in [1.165, 1.54) is 12.8 Å². The van der Waals surface area contributed by atoms with Gasteiger partial charge in [0, 0.05) is 6.61 Å². The Morgan fingerprint density at radius 1 is 1.46 bits per heavy atom. The molecule has 0 bridgehead atoms. The van der Waals surface area contributed by atoms with Gasteiger partial charge in [0.25, 0.3) is 0 Å². The molecule has 2 heterocycles. The van der Waals surface area contributed by atoms with Gasteiger partial charge in [-0.15, -0.1) is 0 Å². The average Bonchev–Trinajstić information content (AvgIpc) is 2.48. The number of hydrogen-bond donors (Lipinski definition) is 0. The molecule has 0 radical (unpaired) electrons. The van der Waals surface area contributed by atoms with E-state index in [-0.39, 0.29) is 6.23 Å². The fourth-order valence-electron chi connectivity index (χ4n) is 1.50. The van der Waals surface area contributed by atoms with E-state index in [2.05, 4.69) is 36.8 Å². The highest BCUT2D eigenvalue weighted by molar-refractivity contribution is 9.11. The Hall–Kier alpha value is 0.130. The van der Waals surface area contributed by atoms with Gasteiger partial charge in [-0.1, -0.05) is 0 Å². The summed E-state index contributed by atoms with van der Waals surface area (Å²) in [5.74, 6) is 0. The predicted molar refractivity (Wildman–Crippen MR) is 56.5 cm³/mol. The first kappa shape index (κ1) is 9.68. The standard InChI is InChI=1S/C8H10Br2N2O/c9-6-5-11-8(10)12(6)7-3-1-2-4-13-7/h5,7H,1-4H2. The lowest BCUT2D eigenvalue weighted by molar-refractivity contribution is -0.0346. The molecule has 1 unspecified atom stereocenters. The molecule has 0 N–H and O–H groups in total. The minimum absolute atomic E-state index is 0.139. The summed E-state index contributed by atoms with van der Waals surface area (Å²) in [7, 11) is 0. The van der Waals surface area contributed by atoms with E-state index in [0.29, 0.717) is 0 Å². The van der Waals surface area contributed by atoms with Gasteiger partial charge in [-0.3, -0.25) is 4.57 Å². The van der Waals surface area contributed by atoms with Crippen LogP contribution in [0.25, 0.3) is 0 Å². The number of nitrogens with zero attached hydrogens (tertiary/aromatic N) is 2. The van der Waals surface area contributed by atoms with Crippen LogP contribution in [-0.2, 0) is 4.74 Å². The number of aromatic nitrogens is 2. The number of imidazole rings is 1. The Kier molecular flexibility index (Phi) is 3.06. The predicted octanol–water partition coefficient (Wildman–Crippen LogP) is 3.11. The molecule has 5 heteroatoms. The summed E-state index contributed by atoms with van der Waals surface area (Å²) in [4.78, 5) is 4.14. The van der Waals surface area contributed by atoms with Crippen molar-refractivity contribution < 1.29 is 4.74 Å². The van der Waals surface area contributed by atoms with Crippen molar-refractivity contribution in [2.75, 3.05) is 6.61 Å². The van der Waals surface area contributed by atoms with Crippen molar-refractivity contribution in [2.45, 2.75) is 25.5 Å². The summed E-state index contributed by atoms with van der Waals surface area (Å²) in [6.45, 7) is 0.849. The number of rotatable bonds is 1. The van der Waals surface area contributed by atoms with Gasteiger partial charge in [-0.2, -0.15) is 0 Å². The van der Waals surface area contributed by atoms with Gasteiger partial charge in [0.05, 0.1) is 6.20 Å². The summed E-state index contributed by atoms with van der Waals surface area (Å²) in [6, 6.07) is 0. The highest BCUT2D eigenvalue weighted by atomic mass is 79.9. The van der Waals surface area contributed by atoms with Gasteiger partial charge in [0.15, 0.2) is 4.73 Å². The van der Waals surface area contributed by atoms with E-state index < -0.39 is 0 Å². The zero-order valence-electron chi connectivity index (χ0n) is 7.04. The summed E-state index contributed by atoms with van der Waals surface area (Å²) in [5, 5.41) is 0. The van der Waals surface area contributed by atoms with E-state index in [9.17, 15) is 0 Å². The van der Waals surface area contributed by atoms with Gasteiger partial charge in [-0.05, 0) is 51.1 Å². The summed E-state index contributed by atoms with van der Waals surface area (Å²) < 4.78 is 9.46. The van der Waals surface area contributed by atoms with Crippen LogP contribution in [0.5, 0.6) is 0 Å². The van der Waals surface area contributed by atoms with E-state index in [1.54, 1.807) is 6.20 Å². The molecular weight excluding hydrogens is 300 g/mol. The average molecular weight is 310 g/mol. The minimum Gasteiger partial charge on any atom is -0.358 e. The molecule has 0 spiro atoms. The van der Waals surface area contributed by atoms with Crippen molar-refractivity contribution in [1.29, 1.82) is 0 Å². The van der Waals surface area contributed by atoms with Crippen LogP contribution in [0.4, 0.5) is 0 Å². The van der Waals surface area contributed by atoms with Crippen LogP contribution in [-0.4, -0.2) is 16.2 Å². The van der Waals surface area contributed by atoms with E-state index in [1.807, 2.05) is 4.57 Å². The molecule has 2 rings (SSSR count). The lowest BCUT2D eigenvalue weighted by atomic mass is 10.2. The van der Waals surface area contributed by atoms with Crippen molar-refractivity contribution in [1.82, 2.24) is 9.55 Å². The smallest absolute Gasteiger partial charge is 0.180 e. The molecule has 0 aromatic carbocycles. The second-order valence-corrected chi connectivity index (χ2v) is 4.56. The molecule has 13 heavy (non-hydrogen) atoms. The molecule has 1 saturated heterocycles. The molecule has 0 saturated carbocycles. The molecule has 3 nitrogen and oxygen atoms in total. The van der Waals surface area contributed by atoms with Crippen LogP contribution in [0.2, 0.25) is 0 Å². The molecule has 1 aliphatic heterocycles. The van der Waals surface area contributed by atoms with Crippen LogP contribution in [0.1, 0.15) is 25.5 Å². The fourth-order valence-corrected chi connectivity index (χ4v) is 2.76. The molecular formula is C8H10Br2N2O. The first-order valence-corrected chi connectivity index (χ1v) is 5.87. The van der Waals surface area contributed by atoms with Gasteiger partial charge >= 0.3 is 0 Å². The topological polar surface area (TPSA) is 27.1 Å². The maximum Gasteiger partial charge on any atom is 0.180 e. The second-order valence-electron chi connectivity index (χ2n) is 3.04. The van der Waals surface area contributed by atoms with Crippen LogP contribution >= 0.6 is 31.9 Å². The lowest BCUT2D eigenvalue weighted by Crippen LogP contribution is -2.18. The zero-order chi connectivity index (χ0) is 9.26. The summed E-state index contributed by atoms with van der Waals surface area (Å²) >= 11 is 6.84. The van der Waals surface area contributed by atoms with Gasteiger partial charge < -0.3 is 4.74 Å². The highest BCUT2D eigenvalue weighted by Crippen LogP contribution is 2.29. The third-order valence-corrected chi connectivity index (χ3v) is 3.32. The summed E-state index contributed by atoms with van der Waals surface area (Å²) in [6.07, 6.45) is 5.37. The van der Waals surface area contributed by atoms with Gasteiger partial charge in [-0.25, -0.2) is 4.98 Å². The van der Waals surface area contributed by atoms with Crippen LogP contribution in [0, 0.1) is 0 Å². The monoisotopic (exact) mass is 308 g/mol. The number of hydrogen-bond acceptors (Lipinski definition) is 2. The Morgan fingerprint density at radius 3 is 2.85 bits per heavy atom. The van der Waals surface area contributed by atoms with Crippen LogP contribution in [0.3, 0.4) is 0 Å². The van der Waals surface area contributed by atoms with Crippen LogP contribution in [0.15, 0.2) is 15.5 Å². The Bertz CT molecular complexity index is 275. The quantitative estimate of drug-likeness (QED) is 0.797. The van der Waals surface area contributed by atoms with E-state index in [4.69, 9.17) is 4.74 Å². The first-order valence-electron chi connectivity index (χ1n) is 4.29. The SMILES string of the molecule is Brc1cnc(Br)n1C1CCCCO1. The Morgan fingerprint density at radius 2 is 2.31 bits per heavy atom. The van der Waals surface area contributed by atoms with E-state index in [0.717, 1.165) is 22.4 Å². The molecule has 0 aliphatic carbocycles. The fraction of sp³-hybridized carbons (Fsp3) is 0.625. The van der Waals surface area contributed by atoms with Crippen molar-refractivity contribution in [3.8, 4) is 0 Å².